The Morgan fingerprint density at radius 3 is 2.62 bits per heavy atom. The van der Waals surface area contributed by atoms with Gasteiger partial charge in [-0.1, -0.05) is 12.1 Å². The lowest BCUT2D eigenvalue weighted by Gasteiger charge is -2.15. The standard InChI is InChI=1S/C22H22N6O4/c1-31-17-6-3-2-5-16(17)24-22-26-18(25-21(23)27-22)13-32-20(30)14-8-10-15(11-9-14)28-12-4-7-19(28)29/h2-3,5-6,8-11H,4,7,12-13H2,1H3,(H3,23,24,25,26,27). The highest BCUT2D eigenvalue weighted by molar-refractivity contribution is 5.96. The van der Waals surface area contributed by atoms with Crippen molar-refractivity contribution in [2.75, 3.05) is 29.6 Å². The summed E-state index contributed by atoms with van der Waals surface area (Å²) in [6.45, 7) is 0.507. The summed E-state index contributed by atoms with van der Waals surface area (Å²) in [5, 5.41) is 3.02. The van der Waals surface area contributed by atoms with Gasteiger partial charge in [0.25, 0.3) is 0 Å². The van der Waals surface area contributed by atoms with Crippen molar-refractivity contribution in [1.29, 1.82) is 0 Å². The molecular weight excluding hydrogens is 412 g/mol. The van der Waals surface area contributed by atoms with Gasteiger partial charge in [0.15, 0.2) is 12.4 Å². The van der Waals surface area contributed by atoms with Crippen LogP contribution in [0.2, 0.25) is 0 Å². The van der Waals surface area contributed by atoms with E-state index in [0.717, 1.165) is 12.1 Å². The first-order chi connectivity index (χ1) is 15.5. The van der Waals surface area contributed by atoms with Crippen LogP contribution in [0.5, 0.6) is 5.75 Å². The molecule has 4 rings (SSSR count). The summed E-state index contributed by atoms with van der Waals surface area (Å²) in [6.07, 6.45) is 1.39. The number of methoxy groups -OCH3 is 1. The van der Waals surface area contributed by atoms with E-state index in [4.69, 9.17) is 15.2 Å². The Morgan fingerprint density at radius 2 is 1.91 bits per heavy atom. The fourth-order valence-corrected chi connectivity index (χ4v) is 3.34. The predicted octanol–water partition coefficient (Wildman–Crippen LogP) is 2.69. The number of anilines is 4. The molecule has 0 spiro atoms. The number of carbonyl (C=O) groups is 2. The number of benzene rings is 2. The lowest BCUT2D eigenvalue weighted by atomic mass is 10.2. The summed E-state index contributed by atoms with van der Waals surface area (Å²) in [4.78, 5) is 38.3. The van der Waals surface area contributed by atoms with Gasteiger partial charge in [-0.3, -0.25) is 4.79 Å². The molecule has 0 radical (unpaired) electrons. The van der Waals surface area contributed by atoms with Crippen molar-refractivity contribution in [3.8, 4) is 5.75 Å². The molecule has 2 aromatic carbocycles. The maximum Gasteiger partial charge on any atom is 0.338 e. The zero-order valence-corrected chi connectivity index (χ0v) is 17.4. The molecule has 32 heavy (non-hydrogen) atoms. The molecule has 0 unspecified atom stereocenters. The third-order valence-electron chi connectivity index (χ3n) is 4.87. The molecular formula is C22H22N6O4. The molecule has 10 nitrogen and oxygen atoms in total. The van der Waals surface area contributed by atoms with Gasteiger partial charge in [0.1, 0.15) is 5.75 Å². The minimum absolute atomic E-state index is 0.0110. The zero-order chi connectivity index (χ0) is 22.5. The number of nitrogens with zero attached hydrogens (tertiary/aromatic N) is 4. The monoisotopic (exact) mass is 434 g/mol. The number of carbonyl (C=O) groups excluding carboxylic acids is 2. The number of rotatable bonds is 7. The number of hydrogen-bond donors (Lipinski definition) is 2. The first-order valence-electron chi connectivity index (χ1n) is 10.0. The molecule has 164 valence electrons. The molecule has 1 fully saturated rings. The summed E-state index contributed by atoms with van der Waals surface area (Å²) < 4.78 is 10.6. The second-order valence-electron chi connectivity index (χ2n) is 7.03. The van der Waals surface area contributed by atoms with E-state index in [2.05, 4.69) is 20.3 Å². The lowest BCUT2D eigenvalue weighted by Crippen LogP contribution is -2.23. The van der Waals surface area contributed by atoms with Crippen LogP contribution in [0.4, 0.5) is 23.3 Å². The van der Waals surface area contributed by atoms with Crippen molar-refractivity contribution in [3.63, 3.8) is 0 Å². The van der Waals surface area contributed by atoms with Crippen molar-refractivity contribution in [2.45, 2.75) is 19.4 Å². The molecule has 0 aliphatic carbocycles. The third-order valence-corrected chi connectivity index (χ3v) is 4.87. The molecule has 1 saturated heterocycles. The van der Waals surface area contributed by atoms with E-state index in [1.165, 1.54) is 0 Å². The Bertz CT molecular complexity index is 1140. The maximum atomic E-state index is 12.4. The van der Waals surface area contributed by atoms with Gasteiger partial charge in [-0.2, -0.15) is 15.0 Å². The number of amides is 1. The summed E-state index contributed by atoms with van der Waals surface area (Å²) in [5.41, 5.74) is 7.56. The average molecular weight is 434 g/mol. The van der Waals surface area contributed by atoms with Crippen LogP contribution < -0.4 is 20.7 Å². The highest BCUT2D eigenvalue weighted by atomic mass is 16.5. The number of nitrogens with two attached hydrogens (primary N) is 1. The minimum atomic E-state index is -0.539. The Labute approximate surface area is 184 Å². The molecule has 1 aliphatic rings. The van der Waals surface area contributed by atoms with Crippen LogP contribution in [0.15, 0.2) is 48.5 Å². The second-order valence-corrected chi connectivity index (χ2v) is 7.03. The van der Waals surface area contributed by atoms with E-state index in [9.17, 15) is 9.59 Å². The maximum absolute atomic E-state index is 12.4. The number of esters is 1. The van der Waals surface area contributed by atoms with Crippen molar-refractivity contribution < 1.29 is 19.1 Å². The van der Waals surface area contributed by atoms with Crippen molar-refractivity contribution in [2.24, 2.45) is 0 Å². The molecule has 1 amide bonds. The fraction of sp³-hybridized carbons (Fsp3) is 0.227. The molecule has 0 saturated carbocycles. The van der Waals surface area contributed by atoms with Crippen LogP contribution in [0.1, 0.15) is 29.0 Å². The molecule has 1 aliphatic heterocycles. The number of aromatic nitrogens is 3. The van der Waals surface area contributed by atoms with E-state index >= 15 is 0 Å². The quantitative estimate of drug-likeness (QED) is 0.538. The molecule has 3 aromatic rings. The second kappa shape index (κ2) is 9.29. The molecule has 0 atom stereocenters. The Kier molecular flexibility index (Phi) is 6.11. The number of nitrogens with one attached hydrogen (secondary N) is 1. The number of hydrogen-bond acceptors (Lipinski definition) is 9. The van der Waals surface area contributed by atoms with Gasteiger partial charge in [-0.15, -0.1) is 0 Å². The van der Waals surface area contributed by atoms with Crippen LogP contribution in [0.3, 0.4) is 0 Å². The topological polar surface area (TPSA) is 133 Å². The van der Waals surface area contributed by atoms with Crippen molar-refractivity contribution >= 4 is 35.1 Å². The lowest BCUT2D eigenvalue weighted by molar-refractivity contribution is -0.117. The fourth-order valence-electron chi connectivity index (χ4n) is 3.34. The van der Waals surface area contributed by atoms with E-state index in [1.54, 1.807) is 48.4 Å². The van der Waals surface area contributed by atoms with Gasteiger partial charge < -0.3 is 25.4 Å². The highest BCUT2D eigenvalue weighted by Gasteiger charge is 2.22. The highest BCUT2D eigenvalue weighted by Crippen LogP contribution is 2.26. The summed E-state index contributed by atoms with van der Waals surface area (Å²) in [6, 6.07) is 14.0. The molecule has 1 aromatic heterocycles. The SMILES string of the molecule is COc1ccccc1Nc1nc(N)nc(COC(=O)c2ccc(N3CCCC3=O)cc2)n1. The van der Waals surface area contributed by atoms with Crippen LogP contribution in [0.25, 0.3) is 0 Å². The Hall–Kier alpha value is -4.21. The zero-order valence-electron chi connectivity index (χ0n) is 17.4. The number of para-hydroxylation sites is 2. The van der Waals surface area contributed by atoms with Gasteiger partial charge in [-0.25, -0.2) is 4.79 Å². The Balaban J connectivity index is 1.41. The third kappa shape index (κ3) is 4.75. The van der Waals surface area contributed by atoms with Gasteiger partial charge in [-0.05, 0) is 42.8 Å². The van der Waals surface area contributed by atoms with Crippen molar-refractivity contribution in [3.05, 3.63) is 59.9 Å². The first-order valence-corrected chi connectivity index (χ1v) is 10.0. The van der Waals surface area contributed by atoms with Crippen molar-refractivity contribution in [1.82, 2.24) is 15.0 Å². The number of ether oxygens (including phenoxy) is 2. The normalized spacial score (nSPS) is 13.2. The number of nitrogen functional groups attached to an aromatic ring is 1. The van der Waals surface area contributed by atoms with Gasteiger partial charge in [0.2, 0.25) is 17.8 Å². The first kappa shape index (κ1) is 21.0. The summed E-state index contributed by atoms with van der Waals surface area (Å²) >= 11 is 0. The molecule has 2 heterocycles. The van der Waals surface area contributed by atoms with Gasteiger partial charge in [0, 0.05) is 18.7 Å². The van der Waals surface area contributed by atoms with Crippen LogP contribution >= 0.6 is 0 Å². The average Bonchev–Trinajstić information content (AvgIpc) is 3.23. The molecule has 3 N–H and O–H groups in total. The van der Waals surface area contributed by atoms with E-state index in [-0.39, 0.29) is 30.2 Å². The Morgan fingerprint density at radius 1 is 1.12 bits per heavy atom. The summed E-state index contributed by atoms with van der Waals surface area (Å²) in [5.74, 6) is 0.546. The van der Waals surface area contributed by atoms with Crippen LogP contribution in [-0.4, -0.2) is 40.5 Å². The van der Waals surface area contributed by atoms with Gasteiger partial charge in [0.05, 0.1) is 18.4 Å². The smallest absolute Gasteiger partial charge is 0.338 e. The molecule has 10 heteroatoms. The van der Waals surface area contributed by atoms with Gasteiger partial charge >= 0.3 is 5.97 Å². The van der Waals surface area contributed by atoms with E-state index in [1.807, 2.05) is 12.1 Å². The largest absolute Gasteiger partial charge is 0.495 e. The molecule has 0 bridgehead atoms. The van der Waals surface area contributed by atoms with E-state index < -0.39 is 5.97 Å². The van der Waals surface area contributed by atoms with Crippen LogP contribution in [0, 0.1) is 0 Å². The van der Waals surface area contributed by atoms with Crippen LogP contribution in [-0.2, 0) is 16.1 Å². The predicted molar refractivity (Wildman–Crippen MR) is 118 cm³/mol. The summed E-state index contributed by atoms with van der Waals surface area (Å²) in [7, 11) is 1.56. The minimum Gasteiger partial charge on any atom is -0.495 e. The van der Waals surface area contributed by atoms with E-state index in [0.29, 0.717) is 30.0 Å².